The number of nitrogen functional groups attached to an aromatic ring is 1. The Morgan fingerprint density at radius 3 is 1.41 bits per heavy atom. The summed E-state index contributed by atoms with van der Waals surface area (Å²) in [5.74, 6) is -0.908. The van der Waals surface area contributed by atoms with Crippen molar-refractivity contribution in [3.05, 3.63) is 227 Å². The largest absolute Gasteiger partial charge is 0.422 e. The Hall–Kier alpha value is -4.83. The molecule has 3 N–H and O–H groups in total. The predicted molar refractivity (Wildman–Crippen MR) is 303 cm³/mol. The zero-order chi connectivity index (χ0) is 50.6. The molecular formula is C58H56F2I2N4O7W2-2. The van der Waals surface area contributed by atoms with Crippen molar-refractivity contribution in [2.75, 3.05) is 11.1 Å². The summed E-state index contributed by atoms with van der Waals surface area (Å²) in [5.41, 5.74) is 13.8. The van der Waals surface area contributed by atoms with Crippen molar-refractivity contribution in [2.45, 2.75) is 98.1 Å². The fourth-order valence-electron chi connectivity index (χ4n) is 9.57. The third-order valence-electron chi connectivity index (χ3n) is 13.5. The van der Waals surface area contributed by atoms with E-state index in [9.17, 15) is 32.8 Å². The van der Waals surface area contributed by atoms with Crippen LogP contribution in [0.25, 0.3) is 21.9 Å². The van der Waals surface area contributed by atoms with E-state index in [2.05, 4.69) is 27.9 Å². The Labute approximate surface area is 489 Å². The fraction of sp³-hybridized carbons (Fsp3) is 0.259. The summed E-state index contributed by atoms with van der Waals surface area (Å²) in [6.45, 7) is 8.50. The van der Waals surface area contributed by atoms with Gasteiger partial charge >= 0.3 is 11.3 Å². The van der Waals surface area contributed by atoms with Crippen LogP contribution in [0, 0.1) is 61.3 Å². The van der Waals surface area contributed by atoms with Gasteiger partial charge in [-0.05, 0) is 180 Å². The monoisotopic (exact) mass is 1580 g/mol. The molecule has 2 fully saturated rings. The zero-order valence-electron chi connectivity index (χ0n) is 42.6. The number of nitrogens with two attached hydrogens (primary N) is 1. The summed E-state index contributed by atoms with van der Waals surface area (Å²) >= 11 is 4.10. The van der Waals surface area contributed by atoms with Crippen molar-refractivity contribution < 1.29 is 64.5 Å². The first kappa shape index (κ1) is 61.0. The number of anilines is 2. The average molecular weight is 1580 g/mol. The minimum Gasteiger partial charge on any atom is -0.422 e. The second-order valence-corrected chi connectivity index (χ2v) is 21.1. The van der Waals surface area contributed by atoms with Crippen molar-refractivity contribution in [3.8, 4) is 0 Å². The van der Waals surface area contributed by atoms with E-state index in [0.717, 1.165) is 66.5 Å². The van der Waals surface area contributed by atoms with Crippen LogP contribution >= 0.6 is 45.2 Å². The molecule has 392 valence electrons. The molecule has 2 saturated carbocycles. The summed E-state index contributed by atoms with van der Waals surface area (Å²) in [4.78, 5) is 65.1. The quantitative estimate of drug-likeness (QED) is 0.0735. The molecule has 4 aromatic heterocycles. The number of rotatable bonds is 11. The van der Waals surface area contributed by atoms with Crippen LogP contribution in [-0.2, 0) is 72.6 Å². The first-order chi connectivity index (χ1) is 33.9. The molecule has 8 aromatic rings. The van der Waals surface area contributed by atoms with Crippen molar-refractivity contribution >= 4 is 84.4 Å². The molecule has 0 radical (unpaired) electrons. The maximum Gasteiger partial charge on any atom is 0.339 e. The van der Waals surface area contributed by atoms with Crippen LogP contribution in [-0.4, -0.2) is 15.0 Å². The number of aromatic nitrogens is 2. The van der Waals surface area contributed by atoms with E-state index in [0.29, 0.717) is 74.0 Å². The summed E-state index contributed by atoms with van der Waals surface area (Å²) in [7, 11) is 0. The standard InChI is InChI=1S/C29H26FIN2O4.C27H24FIN2O3.2CH3.2W/c1-15-23(13-19-7-8-20(31)14-25(19)30)26-27(37-29(15)36)24(16(2)33(28(26)35)22-9-10-22)12-18-5-4-6-21(11-18)32-17(3)34;1-14-21(12-17-6-7-18(29)13-23(17)28)24-25(34-27(14)33)22(11-16-4-3-5-19(30)10-16)15(2)31(26(24)32)20-8-9-20;;;;/h4-8,11,14,22H,9-10,12-13H2,1-3H3,(H,32,34);3-7,10,13,20H,8-9,11-12,30H2,1-2H3;2*1H3;;/q;;2*-1;;. The summed E-state index contributed by atoms with van der Waals surface area (Å²) in [6.07, 6.45) is 4.77. The van der Waals surface area contributed by atoms with Gasteiger partial charge in [-0.15, -0.1) is 0 Å². The van der Waals surface area contributed by atoms with Crippen molar-refractivity contribution in [3.63, 3.8) is 0 Å². The minimum atomic E-state index is -0.537. The zero-order valence-corrected chi connectivity index (χ0v) is 52.7. The Bertz CT molecular complexity index is 3750. The van der Waals surface area contributed by atoms with Crippen LogP contribution in [0.4, 0.5) is 20.2 Å². The number of nitrogens with one attached hydrogen (secondary N) is 1. The molecule has 1 amide bonds. The second-order valence-electron chi connectivity index (χ2n) is 18.6. The van der Waals surface area contributed by atoms with Gasteiger partial charge in [-0.25, -0.2) is 18.4 Å². The van der Waals surface area contributed by atoms with Crippen molar-refractivity contribution in [1.82, 2.24) is 9.13 Å². The first-order valence-electron chi connectivity index (χ1n) is 23.4. The number of benzene rings is 4. The molecule has 75 heavy (non-hydrogen) atoms. The maximum absolute atomic E-state index is 14.8. The summed E-state index contributed by atoms with van der Waals surface area (Å²) < 4.78 is 46.3. The number of amides is 1. The molecule has 11 nitrogen and oxygen atoms in total. The predicted octanol–water partition coefficient (Wildman–Crippen LogP) is 12.1. The van der Waals surface area contributed by atoms with E-state index in [-0.39, 0.29) is 116 Å². The topological polar surface area (TPSA) is 160 Å². The molecule has 4 aromatic carbocycles. The maximum atomic E-state index is 14.8. The number of hydrogen-bond acceptors (Lipinski definition) is 8. The fourth-order valence-corrected chi connectivity index (χ4v) is 10.5. The normalized spacial score (nSPS) is 12.7. The molecule has 4 heterocycles. The van der Waals surface area contributed by atoms with Crippen LogP contribution in [0.2, 0.25) is 0 Å². The molecule has 0 unspecified atom stereocenters. The molecule has 0 atom stereocenters. The van der Waals surface area contributed by atoms with Gasteiger partial charge in [0, 0.05) is 139 Å². The number of nitrogens with zero attached hydrogens (tertiary/aromatic N) is 2. The van der Waals surface area contributed by atoms with E-state index < -0.39 is 11.3 Å². The van der Waals surface area contributed by atoms with Gasteiger partial charge in [0.15, 0.2) is 0 Å². The van der Waals surface area contributed by atoms with E-state index >= 15 is 0 Å². The molecule has 10 rings (SSSR count). The number of hydrogen-bond donors (Lipinski definition) is 2. The van der Waals surface area contributed by atoms with Gasteiger partial charge in [-0.2, -0.15) is 0 Å². The average Bonchev–Trinajstić information content (AvgIpc) is 4.26. The van der Waals surface area contributed by atoms with Gasteiger partial charge < -0.3 is 43.9 Å². The summed E-state index contributed by atoms with van der Waals surface area (Å²) in [5, 5.41) is 3.49. The minimum absolute atomic E-state index is 0. The Kier molecular flexibility index (Phi) is 20.4. The second kappa shape index (κ2) is 25.1. The van der Waals surface area contributed by atoms with E-state index in [1.54, 1.807) is 32.0 Å². The summed E-state index contributed by atoms with van der Waals surface area (Å²) in [6, 6.07) is 25.1. The third-order valence-corrected chi connectivity index (χ3v) is 14.9. The SMILES string of the molecule is CC(=O)Nc1cccc(Cc2c(C)n(C3CC3)c(=O)c3c(Cc4ccc(I)cc4F)c(C)c(=O)oc23)c1.Cc1c(Cc2ccc(I)cc2F)c2c(=O)n(C3CC3)c(C)c(Cc3cccc(N)c3)c2oc1=O.[CH3-].[CH3-].[W].[W]. The van der Waals surface area contributed by atoms with Crippen LogP contribution in [0.1, 0.15) is 112 Å². The van der Waals surface area contributed by atoms with Gasteiger partial charge in [0.05, 0.1) is 10.8 Å². The van der Waals surface area contributed by atoms with Crippen molar-refractivity contribution in [2.24, 2.45) is 0 Å². The van der Waals surface area contributed by atoms with Gasteiger partial charge in [0.2, 0.25) is 5.91 Å². The Morgan fingerprint density at radius 1 is 0.613 bits per heavy atom. The van der Waals surface area contributed by atoms with Gasteiger partial charge in [-0.3, -0.25) is 14.4 Å². The smallest absolute Gasteiger partial charge is 0.339 e. The molecule has 0 spiro atoms. The van der Waals surface area contributed by atoms with E-state index in [1.165, 1.54) is 19.1 Å². The van der Waals surface area contributed by atoms with Gasteiger partial charge in [0.1, 0.15) is 22.8 Å². The van der Waals surface area contributed by atoms with E-state index in [1.807, 2.05) is 100 Å². The molecule has 2 aliphatic carbocycles. The molecule has 0 aliphatic heterocycles. The van der Waals surface area contributed by atoms with Crippen LogP contribution < -0.4 is 33.4 Å². The molecule has 17 heteroatoms. The third kappa shape index (κ3) is 13.0. The van der Waals surface area contributed by atoms with E-state index in [4.69, 9.17) is 14.6 Å². The van der Waals surface area contributed by atoms with Crippen LogP contribution in [0.5, 0.6) is 0 Å². The van der Waals surface area contributed by atoms with Crippen molar-refractivity contribution in [1.29, 1.82) is 0 Å². The molecular weight excluding hydrogens is 1520 g/mol. The van der Waals surface area contributed by atoms with Gasteiger partial charge in [-0.1, -0.05) is 36.4 Å². The Morgan fingerprint density at radius 2 is 1.03 bits per heavy atom. The van der Waals surface area contributed by atoms with Crippen LogP contribution in [0.15, 0.2) is 113 Å². The number of fused-ring (bicyclic) bond motifs is 2. The first-order valence-corrected chi connectivity index (χ1v) is 25.5. The molecule has 2 aliphatic rings. The number of pyridine rings is 2. The number of halogens is 4. The molecule has 0 bridgehead atoms. The number of carbonyl (C=O) groups excluding carboxylic acids is 1. The van der Waals surface area contributed by atoms with Crippen LogP contribution in [0.3, 0.4) is 0 Å². The number of carbonyl (C=O) groups is 1. The molecule has 0 saturated heterocycles. The Balaban J connectivity index is 0.000000264. The van der Waals surface area contributed by atoms with Gasteiger partial charge in [0.25, 0.3) is 11.1 Å².